The number of para-hydroxylation sites is 1. The molecule has 22 heavy (non-hydrogen) atoms. The summed E-state index contributed by atoms with van der Waals surface area (Å²) in [7, 11) is 0. The van der Waals surface area contributed by atoms with E-state index in [0.29, 0.717) is 16.6 Å². The van der Waals surface area contributed by atoms with Gasteiger partial charge in [-0.1, -0.05) is 39.0 Å². The lowest BCUT2D eigenvalue weighted by Gasteiger charge is -2.23. The summed E-state index contributed by atoms with van der Waals surface area (Å²) in [6, 6.07) is 11.2. The first-order chi connectivity index (χ1) is 10.3. The number of halogens is 1. The summed E-state index contributed by atoms with van der Waals surface area (Å²) in [6.45, 7) is 6.86. The molecule has 0 spiro atoms. The number of anilines is 1. The zero-order valence-corrected chi connectivity index (χ0v) is 14.4. The van der Waals surface area contributed by atoms with Crippen molar-refractivity contribution in [3.05, 3.63) is 56.9 Å². The van der Waals surface area contributed by atoms with Crippen LogP contribution >= 0.6 is 15.9 Å². The van der Waals surface area contributed by atoms with Crippen LogP contribution in [0.1, 0.15) is 31.9 Å². The van der Waals surface area contributed by atoms with Crippen molar-refractivity contribution in [2.75, 3.05) is 5.32 Å². The van der Waals surface area contributed by atoms with Crippen LogP contribution in [0.15, 0.2) is 46.0 Å². The van der Waals surface area contributed by atoms with Crippen LogP contribution in [0, 0.1) is 4.91 Å². The van der Waals surface area contributed by atoms with E-state index in [1.165, 1.54) is 11.6 Å². The van der Waals surface area contributed by atoms with E-state index in [2.05, 4.69) is 53.3 Å². The Kier molecular flexibility index (Phi) is 4.86. The van der Waals surface area contributed by atoms with Gasteiger partial charge in [0.25, 0.3) is 0 Å². The summed E-state index contributed by atoms with van der Waals surface area (Å²) in [6.07, 6.45) is 0. The fourth-order valence-corrected chi connectivity index (χ4v) is 2.80. The monoisotopic (exact) mass is 362 g/mol. The number of hydrogen-bond acceptors (Lipinski definition) is 4. The number of phenolic OH excluding ortho intramolecular Hbond substituents is 1. The van der Waals surface area contributed by atoms with Gasteiger partial charge in [-0.3, -0.25) is 0 Å². The van der Waals surface area contributed by atoms with Gasteiger partial charge in [-0.25, -0.2) is 0 Å². The average molecular weight is 363 g/mol. The first-order valence-corrected chi connectivity index (χ1v) is 7.80. The molecule has 2 aromatic carbocycles. The summed E-state index contributed by atoms with van der Waals surface area (Å²) < 4.78 is 0.463. The summed E-state index contributed by atoms with van der Waals surface area (Å²) in [5.41, 5.74) is 3.12. The minimum absolute atomic E-state index is 0.0123. The quantitative estimate of drug-likeness (QED) is 0.709. The van der Waals surface area contributed by atoms with Crippen LogP contribution in [0.2, 0.25) is 0 Å². The molecule has 0 saturated heterocycles. The van der Waals surface area contributed by atoms with E-state index >= 15 is 0 Å². The second-order valence-electron chi connectivity index (χ2n) is 6.18. The Bertz CT molecular complexity index is 694. The van der Waals surface area contributed by atoms with Crippen LogP contribution in [0.25, 0.3) is 0 Å². The molecule has 116 valence electrons. The number of rotatable bonds is 4. The van der Waals surface area contributed by atoms with Gasteiger partial charge in [-0.05, 0) is 50.3 Å². The molecule has 0 bridgehead atoms. The van der Waals surface area contributed by atoms with Crippen molar-refractivity contribution >= 4 is 27.3 Å². The molecule has 0 unspecified atom stereocenters. The van der Waals surface area contributed by atoms with Crippen molar-refractivity contribution in [2.24, 2.45) is 5.18 Å². The van der Waals surface area contributed by atoms with Crippen molar-refractivity contribution < 1.29 is 5.11 Å². The molecule has 0 saturated carbocycles. The summed E-state index contributed by atoms with van der Waals surface area (Å²) >= 11 is 3.23. The lowest BCUT2D eigenvalue weighted by atomic mass is 9.86. The molecular weight excluding hydrogens is 344 g/mol. The van der Waals surface area contributed by atoms with Crippen molar-refractivity contribution in [1.82, 2.24) is 0 Å². The lowest BCUT2D eigenvalue weighted by molar-refractivity contribution is 0.465. The highest BCUT2D eigenvalue weighted by molar-refractivity contribution is 9.10. The second-order valence-corrected chi connectivity index (χ2v) is 7.03. The predicted octanol–water partition coefficient (Wildman–Crippen LogP) is 5.46. The number of aromatic hydroxyl groups is 1. The number of nitrogens with one attached hydrogen (secondary N) is 1. The Labute approximate surface area is 138 Å². The highest BCUT2D eigenvalue weighted by Gasteiger charge is 2.17. The highest BCUT2D eigenvalue weighted by atomic mass is 79.9. The van der Waals surface area contributed by atoms with E-state index in [9.17, 15) is 10.0 Å². The molecule has 5 heteroatoms. The van der Waals surface area contributed by atoms with Gasteiger partial charge in [-0.15, -0.1) is 4.91 Å². The molecule has 4 nitrogen and oxygen atoms in total. The van der Waals surface area contributed by atoms with Gasteiger partial charge in [-0.2, -0.15) is 0 Å². The highest BCUT2D eigenvalue weighted by Crippen LogP contribution is 2.34. The zero-order chi connectivity index (χ0) is 16.3. The van der Waals surface area contributed by atoms with Gasteiger partial charge in [0, 0.05) is 17.8 Å². The van der Waals surface area contributed by atoms with Crippen molar-refractivity contribution in [1.29, 1.82) is 0 Å². The molecule has 0 heterocycles. The van der Waals surface area contributed by atoms with Gasteiger partial charge in [0.1, 0.15) is 11.4 Å². The van der Waals surface area contributed by atoms with Gasteiger partial charge in [0.05, 0.1) is 4.47 Å². The topological polar surface area (TPSA) is 61.7 Å². The molecule has 2 N–H and O–H groups in total. The van der Waals surface area contributed by atoms with Gasteiger partial charge < -0.3 is 10.4 Å². The van der Waals surface area contributed by atoms with Crippen molar-refractivity contribution in [2.45, 2.75) is 32.7 Å². The third-order valence-corrected chi connectivity index (χ3v) is 4.04. The van der Waals surface area contributed by atoms with Crippen LogP contribution < -0.4 is 5.32 Å². The number of phenols is 1. The number of nitrogens with zero attached hydrogens (tertiary/aromatic N) is 1. The van der Waals surface area contributed by atoms with Gasteiger partial charge >= 0.3 is 0 Å². The molecule has 0 aromatic heterocycles. The fourth-order valence-electron chi connectivity index (χ4n) is 2.31. The Morgan fingerprint density at radius 1 is 1.23 bits per heavy atom. The molecule has 0 atom stereocenters. The second kappa shape index (κ2) is 6.48. The van der Waals surface area contributed by atoms with Crippen LogP contribution in [0.5, 0.6) is 5.75 Å². The maximum absolute atomic E-state index is 10.7. The molecule has 0 radical (unpaired) electrons. The van der Waals surface area contributed by atoms with E-state index < -0.39 is 0 Å². The van der Waals surface area contributed by atoms with Gasteiger partial charge in [0.2, 0.25) is 0 Å². The van der Waals surface area contributed by atoms with E-state index in [1.54, 1.807) is 6.07 Å². The number of nitroso groups, excluding NO2 is 1. The molecule has 0 amide bonds. The molecule has 0 aliphatic carbocycles. The first-order valence-electron chi connectivity index (χ1n) is 7.01. The Morgan fingerprint density at radius 2 is 1.91 bits per heavy atom. The van der Waals surface area contributed by atoms with Gasteiger partial charge in [0.15, 0.2) is 0 Å². The average Bonchev–Trinajstić information content (AvgIpc) is 2.48. The van der Waals surface area contributed by atoms with Crippen LogP contribution in [0.4, 0.5) is 11.4 Å². The minimum Gasteiger partial charge on any atom is -0.506 e. The van der Waals surface area contributed by atoms with Crippen LogP contribution in [-0.4, -0.2) is 5.11 Å². The fraction of sp³-hybridized carbons (Fsp3) is 0.294. The van der Waals surface area contributed by atoms with E-state index in [0.717, 1.165) is 5.69 Å². The molecule has 0 aliphatic rings. The summed E-state index contributed by atoms with van der Waals surface area (Å²) in [5.74, 6) is 0.119. The maximum atomic E-state index is 10.7. The SMILES string of the molecule is CC(C)(C)c1ccccc1NCc1cc(N=O)cc(Br)c1O. The van der Waals surface area contributed by atoms with Crippen LogP contribution in [0.3, 0.4) is 0 Å². The van der Waals surface area contributed by atoms with Crippen molar-refractivity contribution in [3.63, 3.8) is 0 Å². The largest absolute Gasteiger partial charge is 0.506 e. The minimum atomic E-state index is 0.0123. The van der Waals surface area contributed by atoms with E-state index in [-0.39, 0.29) is 16.9 Å². The van der Waals surface area contributed by atoms with Crippen LogP contribution in [-0.2, 0) is 12.0 Å². The van der Waals surface area contributed by atoms with E-state index in [1.807, 2.05) is 18.2 Å². The smallest absolute Gasteiger partial charge is 0.134 e. The summed E-state index contributed by atoms with van der Waals surface area (Å²) in [4.78, 5) is 10.7. The standard InChI is InChI=1S/C17H19BrN2O2/c1-17(2,3)13-6-4-5-7-15(13)19-10-11-8-12(20-22)9-14(18)16(11)21/h4-9,19,21H,10H2,1-3H3. The first kappa shape index (κ1) is 16.5. The summed E-state index contributed by atoms with van der Waals surface area (Å²) in [5, 5.41) is 16.4. The molecule has 2 aromatic rings. The maximum Gasteiger partial charge on any atom is 0.134 e. The lowest BCUT2D eigenvalue weighted by Crippen LogP contribution is -2.14. The number of hydrogen-bond donors (Lipinski definition) is 2. The Hall–Kier alpha value is -1.88. The van der Waals surface area contributed by atoms with Crippen molar-refractivity contribution in [3.8, 4) is 5.75 Å². The zero-order valence-electron chi connectivity index (χ0n) is 12.9. The molecular formula is C17H19BrN2O2. The normalized spacial score (nSPS) is 11.3. The number of benzene rings is 2. The third-order valence-electron chi connectivity index (χ3n) is 3.44. The Balaban J connectivity index is 2.28. The molecule has 0 aliphatic heterocycles. The molecule has 2 rings (SSSR count). The van der Waals surface area contributed by atoms with E-state index in [4.69, 9.17) is 0 Å². The molecule has 0 fully saturated rings. The Morgan fingerprint density at radius 3 is 2.55 bits per heavy atom. The predicted molar refractivity (Wildman–Crippen MR) is 93.7 cm³/mol. The third kappa shape index (κ3) is 3.65.